The smallest absolute Gasteiger partial charge is 0.339 e. The van der Waals surface area contributed by atoms with Crippen molar-refractivity contribution in [2.24, 2.45) is 7.05 Å². The van der Waals surface area contributed by atoms with Crippen LogP contribution < -0.4 is 5.32 Å². The first-order chi connectivity index (χ1) is 12.0. The Bertz CT molecular complexity index is 943. The molecule has 128 valence electrons. The van der Waals surface area contributed by atoms with Gasteiger partial charge in [0.25, 0.3) is 5.91 Å². The van der Waals surface area contributed by atoms with Gasteiger partial charge in [-0.05, 0) is 18.1 Å². The lowest BCUT2D eigenvalue weighted by Crippen LogP contribution is -2.20. The Morgan fingerprint density at radius 3 is 2.76 bits per heavy atom. The molecule has 3 rings (SSSR count). The van der Waals surface area contributed by atoms with Crippen molar-refractivity contribution in [2.75, 3.05) is 5.32 Å². The minimum atomic E-state index is -1.23. The minimum Gasteiger partial charge on any atom is -0.478 e. The number of carbonyl (C=O) groups is 2. The second kappa shape index (κ2) is 6.56. The molecule has 0 aliphatic rings. The van der Waals surface area contributed by atoms with E-state index in [1.807, 2.05) is 31.2 Å². The van der Waals surface area contributed by atoms with Crippen LogP contribution in [0.5, 0.6) is 0 Å². The van der Waals surface area contributed by atoms with Crippen molar-refractivity contribution in [3.8, 4) is 0 Å². The second-order valence-corrected chi connectivity index (χ2v) is 5.48. The lowest BCUT2D eigenvalue weighted by Gasteiger charge is -2.05. The zero-order valence-corrected chi connectivity index (χ0v) is 13.7. The molecule has 1 aromatic carbocycles. The van der Waals surface area contributed by atoms with Crippen LogP contribution in [0.15, 0.2) is 36.8 Å². The number of hydrogen-bond donors (Lipinski definition) is 2. The molecule has 1 amide bonds. The third-order valence-corrected chi connectivity index (χ3v) is 3.74. The number of amides is 1. The first-order valence-electron chi connectivity index (χ1n) is 7.46. The van der Waals surface area contributed by atoms with E-state index < -0.39 is 11.9 Å². The summed E-state index contributed by atoms with van der Waals surface area (Å²) in [5, 5.41) is 19.6. The van der Waals surface area contributed by atoms with Crippen molar-refractivity contribution in [1.82, 2.24) is 24.5 Å². The summed E-state index contributed by atoms with van der Waals surface area (Å²) in [7, 11) is 1.49. The number of hydrogen-bond acceptors (Lipinski definition) is 5. The summed E-state index contributed by atoms with van der Waals surface area (Å²) in [5.41, 5.74) is 1.97. The summed E-state index contributed by atoms with van der Waals surface area (Å²) >= 11 is 0. The molecule has 0 fully saturated rings. The van der Waals surface area contributed by atoms with E-state index in [1.54, 1.807) is 4.68 Å². The predicted molar refractivity (Wildman–Crippen MR) is 88.4 cm³/mol. The van der Waals surface area contributed by atoms with Crippen molar-refractivity contribution in [3.63, 3.8) is 0 Å². The number of carboxylic acid groups (broad SMARTS) is 1. The summed E-state index contributed by atoms with van der Waals surface area (Å²) in [6.45, 7) is 2.52. The molecule has 2 heterocycles. The van der Waals surface area contributed by atoms with Gasteiger partial charge in [0.1, 0.15) is 17.6 Å². The molecule has 0 unspecified atom stereocenters. The molecule has 25 heavy (non-hydrogen) atoms. The normalized spacial score (nSPS) is 10.6. The van der Waals surface area contributed by atoms with Crippen molar-refractivity contribution in [2.45, 2.75) is 13.5 Å². The number of aromatic nitrogens is 5. The van der Waals surface area contributed by atoms with E-state index in [4.69, 9.17) is 5.11 Å². The maximum absolute atomic E-state index is 12.3. The third kappa shape index (κ3) is 3.39. The molecule has 0 radical (unpaired) electrons. The SMILES string of the molecule is Cc1ccccc1Cn1cnc(NC(=O)c2c(C(=O)O)cnn2C)n1. The Balaban J connectivity index is 1.76. The van der Waals surface area contributed by atoms with Crippen molar-refractivity contribution >= 4 is 17.8 Å². The highest BCUT2D eigenvalue weighted by molar-refractivity contribution is 6.08. The Hall–Kier alpha value is -3.49. The number of carboxylic acids is 1. The highest BCUT2D eigenvalue weighted by atomic mass is 16.4. The van der Waals surface area contributed by atoms with Crippen LogP contribution in [0.3, 0.4) is 0 Å². The van der Waals surface area contributed by atoms with E-state index in [-0.39, 0.29) is 17.2 Å². The summed E-state index contributed by atoms with van der Waals surface area (Å²) in [6.07, 6.45) is 2.63. The summed E-state index contributed by atoms with van der Waals surface area (Å²) in [6, 6.07) is 7.90. The fourth-order valence-electron chi connectivity index (χ4n) is 2.41. The number of nitrogens with one attached hydrogen (secondary N) is 1. The monoisotopic (exact) mass is 340 g/mol. The number of carbonyl (C=O) groups excluding carboxylic acids is 1. The molecular formula is C16H16N6O3. The molecule has 3 aromatic rings. The lowest BCUT2D eigenvalue weighted by atomic mass is 10.1. The summed E-state index contributed by atoms with van der Waals surface area (Å²) in [4.78, 5) is 27.5. The Kier molecular flexibility index (Phi) is 4.29. The van der Waals surface area contributed by atoms with Crippen LogP contribution in [0.2, 0.25) is 0 Å². The molecule has 2 N–H and O–H groups in total. The van der Waals surface area contributed by atoms with Gasteiger partial charge in [-0.2, -0.15) is 5.10 Å². The molecule has 0 aliphatic carbocycles. The van der Waals surface area contributed by atoms with Crippen LogP contribution in [0.1, 0.15) is 32.0 Å². The van der Waals surface area contributed by atoms with Crippen molar-refractivity contribution in [3.05, 3.63) is 59.2 Å². The topological polar surface area (TPSA) is 115 Å². The molecule has 0 atom stereocenters. The Labute approximate surface area is 142 Å². The maximum atomic E-state index is 12.3. The largest absolute Gasteiger partial charge is 0.478 e. The average Bonchev–Trinajstić information content (AvgIpc) is 3.16. The number of rotatable bonds is 5. The van der Waals surface area contributed by atoms with Gasteiger partial charge in [0.2, 0.25) is 5.95 Å². The highest BCUT2D eigenvalue weighted by Crippen LogP contribution is 2.11. The number of nitrogens with zero attached hydrogens (tertiary/aromatic N) is 5. The van der Waals surface area contributed by atoms with Gasteiger partial charge in [-0.25, -0.2) is 14.5 Å². The van der Waals surface area contributed by atoms with Gasteiger partial charge in [-0.15, -0.1) is 5.10 Å². The minimum absolute atomic E-state index is 0.0669. The number of aryl methyl sites for hydroxylation is 2. The van der Waals surface area contributed by atoms with Crippen LogP contribution in [0, 0.1) is 6.92 Å². The molecule has 0 bridgehead atoms. The summed E-state index contributed by atoms with van der Waals surface area (Å²) < 4.78 is 2.79. The fourth-order valence-corrected chi connectivity index (χ4v) is 2.41. The van der Waals surface area contributed by atoms with E-state index in [2.05, 4.69) is 20.5 Å². The predicted octanol–water partition coefficient (Wildman–Crippen LogP) is 1.32. The van der Waals surface area contributed by atoms with Crippen molar-refractivity contribution < 1.29 is 14.7 Å². The number of anilines is 1. The zero-order chi connectivity index (χ0) is 18.0. The average molecular weight is 340 g/mol. The molecule has 0 spiro atoms. The quantitative estimate of drug-likeness (QED) is 0.724. The fraction of sp³-hybridized carbons (Fsp3) is 0.188. The van der Waals surface area contributed by atoms with Crippen LogP contribution in [0.25, 0.3) is 0 Å². The van der Waals surface area contributed by atoms with Gasteiger partial charge in [0.15, 0.2) is 0 Å². The first-order valence-corrected chi connectivity index (χ1v) is 7.46. The van der Waals surface area contributed by atoms with E-state index in [9.17, 15) is 9.59 Å². The van der Waals surface area contributed by atoms with Crippen LogP contribution in [0.4, 0.5) is 5.95 Å². The Morgan fingerprint density at radius 2 is 2.04 bits per heavy atom. The molecular weight excluding hydrogens is 324 g/mol. The van der Waals surface area contributed by atoms with Gasteiger partial charge in [0, 0.05) is 7.05 Å². The molecule has 0 saturated carbocycles. The van der Waals surface area contributed by atoms with E-state index in [1.165, 1.54) is 18.1 Å². The third-order valence-electron chi connectivity index (χ3n) is 3.74. The van der Waals surface area contributed by atoms with Gasteiger partial charge < -0.3 is 5.11 Å². The van der Waals surface area contributed by atoms with E-state index >= 15 is 0 Å². The maximum Gasteiger partial charge on any atom is 0.339 e. The number of benzene rings is 1. The number of aromatic carboxylic acids is 1. The molecule has 2 aromatic heterocycles. The summed E-state index contributed by atoms with van der Waals surface area (Å²) in [5.74, 6) is -1.77. The molecule has 9 nitrogen and oxygen atoms in total. The molecule has 9 heteroatoms. The van der Waals surface area contributed by atoms with Gasteiger partial charge >= 0.3 is 5.97 Å². The molecule has 0 aliphatic heterocycles. The van der Waals surface area contributed by atoms with Crippen LogP contribution in [-0.2, 0) is 13.6 Å². The lowest BCUT2D eigenvalue weighted by molar-refractivity contribution is 0.0692. The first kappa shape index (κ1) is 16.4. The van der Waals surface area contributed by atoms with E-state index in [0.717, 1.165) is 17.3 Å². The Morgan fingerprint density at radius 1 is 1.28 bits per heavy atom. The standard InChI is InChI=1S/C16H16N6O3/c1-10-5-3-4-6-11(10)8-22-9-17-16(20-22)19-14(23)13-12(15(24)25)7-18-21(13)2/h3-7,9H,8H2,1-2H3,(H,24,25)(H,19,20,23). The van der Waals surface area contributed by atoms with Crippen LogP contribution >= 0.6 is 0 Å². The van der Waals surface area contributed by atoms with E-state index in [0.29, 0.717) is 6.54 Å². The second-order valence-electron chi connectivity index (χ2n) is 5.48. The van der Waals surface area contributed by atoms with Gasteiger partial charge in [-0.1, -0.05) is 24.3 Å². The van der Waals surface area contributed by atoms with Gasteiger partial charge in [0.05, 0.1) is 12.7 Å². The zero-order valence-electron chi connectivity index (χ0n) is 13.7. The highest BCUT2D eigenvalue weighted by Gasteiger charge is 2.22. The van der Waals surface area contributed by atoms with Crippen LogP contribution in [-0.4, -0.2) is 41.5 Å². The molecule has 0 saturated heterocycles. The van der Waals surface area contributed by atoms with Crippen molar-refractivity contribution in [1.29, 1.82) is 0 Å². The van der Waals surface area contributed by atoms with Gasteiger partial charge in [-0.3, -0.25) is 14.8 Å².